The van der Waals surface area contributed by atoms with Gasteiger partial charge in [-0.2, -0.15) is 0 Å². The van der Waals surface area contributed by atoms with Crippen LogP contribution in [0.1, 0.15) is 33.1 Å². The van der Waals surface area contributed by atoms with Gasteiger partial charge >= 0.3 is 0 Å². The lowest BCUT2D eigenvalue weighted by Crippen LogP contribution is -2.05. The Hall–Kier alpha value is 0.480. The van der Waals surface area contributed by atoms with Crippen LogP contribution < -0.4 is 0 Å². The van der Waals surface area contributed by atoms with Crippen molar-refractivity contribution in [2.45, 2.75) is 33.1 Å². The van der Waals surface area contributed by atoms with Gasteiger partial charge in [-0.3, -0.25) is 0 Å². The second kappa shape index (κ2) is 2.61. The first kappa shape index (κ1) is 7.59. The van der Waals surface area contributed by atoms with Crippen molar-refractivity contribution in [1.29, 1.82) is 0 Å². The number of hydrogen-bond donors (Lipinski definition) is 0. The molecule has 0 aromatic rings. The molecule has 1 aliphatic rings. The third kappa shape index (κ3) is 1.96. The van der Waals surface area contributed by atoms with E-state index in [-0.39, 0.29) is 0 Å². The van der Waals surface area contributed by atoms with Crippen LogP contribution >= 0.6 is 15.9 Å². The van der Waals surface area contributed by atoms with Gasteiger partial charge in [0.1, 0.15) is 0 Å². The molecule has 1 aliphatic carbocycles. The summed E-state index contributed by atoms with van der Waals surface area (Å²) in [5.41, 5.74) is 0.730. The van der Waals surface area contributed by atoms with Gasteiger partial charge in [-0.15, -0.1) is 0 Å². The summed E-state index contributed by atoms with van der Waals surface area (Å²) in [4.78, 5) is 0. The molecule has 0 heterocycles. The van der Waals surface area contributed by atoms with Gasteiger partial charge < -0.3 is 0 Å². The quantitative estimate of drug-likeness (QED) is 0.601. The molecule has 0 N–H and O–H groups in total. The van der Waals surface area contributed by atoms with Crippen LogP contribution in [0.15, 0.2) is 0 Å². The van der Waals surface area contributed by atoms with E-state index in [9.17, 15) is 0 Å². The summed E-state index contributed by atoms with van der Waals surface area (Å²) in [6, 6.07) is 0. The molecular formula is C8H15Br. The van der Waals surface area contributed by atoms with Crippen LogP contribution in [0.3, 0.4) is 0 Å². The van der Waals surface area contributed by atoms with Gasteiger partial charge in [-0.05, 0) is 30.6 Å². The zero-order valence-corrected chi connectivity index (χ0v) is 7.87. The van der Waals surface area contributed by atoms with Gasteiger partial charge in [-0.1, -0.05) is 29.8 Å². The molecule has 0 nitrogen and oxygen atoms in total. The Morgan fingerprint density at radius 3 is 2.11 bits per heavy atom. The fourth-order valence-electron chi connectivity index (χ4n) is 1.44. The average molecular weight is 191 g/mol. The average Bonchev–Trinajstić information content (AvgIpc) is 2.48. The highest BCUT2D eigenvalue weighted by Crippen LogP contribution is 2.51. The highest BCUT2D eigenvalue weighted by Gasteiger charge is 2.41. The normalized spacial score (nSPS) is 22.7. The third-order valence-electron chi connectivity index (χ3n) is 2.08. The minimum Gasteiger partial charge on any atom is -0.0922 e. The number of halogens is 1. The molecule has 0 bridgehead atoms. The Balaban J connectivity index is 2.25. The van der Waals surface area contributed by atoms with Gasteiger partial charge in [0.25, 0.3) is 0 Å². The first-order chi connectivity index (χ1) is 4.18. The fourth-order valence-corrected chi connectivity index (χ4v) is 2.22. The maximum atomic E-state index is 3.56. The monoisotopic (exact) mass is 190 g/mol. The van der Waals surface area contributed by atoms with Crippen molar-refractivity contribution in [2.75, 3.05) is 5.33 Å². The SMILES string of the molecule is CC(C)CC1(CBr)CC1. The van der Waals surface area contributed by atoms with Crippen LogP contribution in [0.4, 0.5) is 0 Å². The molecule has 0 radical (unpaired) electrons. The van der Waals surface area contributed by atoms with E-state index < -0.39 is 0 Å². The number of alkyl halides is 1. The van der Waals surface area contributed by atoms with Crippen LogP contribution in [0, 0.1) is 11.3 Å². The van der Waals surface area contributed by atoms with E-state index in [1.807, 2.05) is 0 Å². The van der Waals surface area contributed by atoms with Crippen molar-refractivity contribution in [3.63, 3.8) is 0 Å². The van der Waals surface area contributed by atoms with Crippen molar-refractivity contribution in [1.82, 2.24) is 0 Å². The minimum absolute atomic E-state index is 0.730. The molecule has 1 saturated carbocycles. The van der Waals surface area contributed by atoms with E-state index in [1.165, 1.54) is 24.6 Å². The van der Waals surface area contributed by atoms with E-state index >= 15 is 0 Å². The van der Waals surface area contributed by atoms with Crippen LogP contribution in [-0.4, -0.2) is 5.33 Å². The molecule has 9 heavy (non-hydrogen) atoms. The molecule has 0 unspecified atom stereocenters. The van der Waals surface area contributed by atoms with Gasteiger partial charge in [-0.25, -0.2) is 0 Å². The highest BCUT2D eigenvalue weighted by molar-refractivity contribution is 9.09. The summed E-state index contributed by atoms with van der Waals surface area (Å²) in [5, 5.41) is 1.22. The van der Waals surface area contributed by atoms with E-state index in [2.05, 4.69) is 29.8 Å². The predicted octanol–water partition coefficient (Wildman–Crippen LogP) is 3.21. The molecule has 1 heteroatoms. The molecule has 1 fully saturated rings. The van der Waals surface area contributed by atoms with Crippen molar-refractivity contribution in [3.05, 3.63) is 0 Å². The molecule has 0 spiro atoms. The van der Waals surface area contributed by atoms with Crippen LogP contribution in [-0.2, 0) is 0 Å². The molecule has 54 valence electrons. The summed E-state index contributed by atoms with van der Waals surface area (Å²) in [5.74, 6) is 0.880. The fraction of sp³-hybridized carbons (Fsp3) is 1.00. The van der Waals surface area contributed by atoms with Gasteiger partial charge in [0.05, 0.1) is 0 Å². The predicted molar refractivity (Wildman–Crippen MR) is 44.9 cm³/mol. The van der Waals surface area contributed by atoms with Gasteiger partial charge in [0.15, 0.2) is 0 Å². The first-order valence-electron chi connectivity index (χ1n) is 3.74. The van der Waals surface area contributed by atoms with Crippen molar-refractivity contribution >= 4 is 15.9 Å². The maximum Gasteiger partial charge on any atom is 0.00880 e. The zero-order valence-electron chi connectivity index (χ0n) is 6.28. The Kier molecular flexibility index (Phi) is 2.20. The Morgan fingerprint density at radius 1 is 1.44 bits per heavy atom. The summed E-state index contributed by atoms with van der Waals surface area (Å²) < 4.78 is 0. The number of hydrogen-bond acceptors (Lipinski definition) is 0. The molecular weight excluding hydrogens is 176 g/mol. The molecule has 0 amide bonds. The molecule has 0 aromatic heterocycles. The topological polar surface area (TPSA) is 0 Å². The summed E-state index contributed by atoms with van der Waals surface area (Å²) in [6.45, 7) is 4.62. The zero-order chi connectivity index (χ0) is 6.91. The van der Waals surface area contributed by atoms with Crippen LogP contribution in [0.25, 0.3) is 0 Å². The Labute approximate surface area is 66.2 Å². The van der Waals surface area contributed by atoms with Gasteiger partial charge in [0.2, 0.25) is 0 Å². The lowest BCUT2D eigenvalue weighted by molar-refractivity contribution is 0.431. The summed E-state index contributed by atoms with van der Waals surface area (Å²) in [6.07, 6.45) is 4.32. The maximum absolute atomic E-state index is 3.56. The first-order valence-corrected chi connectivity index (χ1v) is 4.87. The Morgan fingerprint density at radius 2 is 2.00 bits per heavy atom. The lowest BCUT2D eigenvalue weighted by Gasteiger charge is -2.12. The molecule has 0 saturated heterocycles. The van der Waals surface area contributed by atoms with E-state index in [0.29, 0.717) is 0 Å². The smallest absolute Gasteiger partial charge is 0.00880 e. The molecule has 0 aromatic carbocycles. The van der Waals surface area contributed by atoms with Crippen LogP contribution in [0.5, 0.6) is 0 Å². The van der Waals surface area contributed by atoms with E-state index in [0.717, 1.165) is 11.3 Å². The van der Waals surface area contributed by atoms with Gasteiger partial charge in [0, 0.05) is 5.33 Å². The molecule has 0 atom stereocenters. The summed E-state index contributed by atoms with van der Waals surface area (Å²) in [7, 11) is 0. The van der Waals surface area contributed by atoms with Crippen LogP contribution in [0.2, 0.25) is 0 Å². The molecule has 0 aliphatic heterocycles. The van der Waals surface area contributed by atoms with Crippen molar-refractivity contribution in [3.8, 4) is 0 Å². The second-order valence-electron chi connectivity index (χ2n) is 3.73. The van der Waals surface area contributed by atoms with Crippen molar-refractivity contribution < 1.29 is 0 Å². The highest BCUT2D eigenvalue weighted by atomic mass is 79.9. The standard InChI is InChI=1S/C8H15Br/c1-7(2)5-8(6-9)3-4-8/h7H,3-6H2,1-2H3. The lowest BCUT2D eigenvalue weighted by atomic mass is 9.97. The second-order valence-corrected chi connectivity index (χ2v) is 4.29. The number of rotatable bonds is 3. The summed E-state index contributed by atoms with van der Waals surface area (Å²) >= 11 is 3.56. The third-order valence-corrected chi connectivity index (χ3v) is 3.27. The van der Waals surface area contributed by atoms with Crippen molar-refractivity contribution in [2.24, 2.45) is 11.3 Å². The Bertz CT molecular complexity index is 92.7. The minimum atomic E-state index is 0.730. The largest absolute Gasteiger partial charge is 0.0922 e. The molecule has 1 rings (SSSR count). The van der Waals surface area contributed by atoms with E-state index in [1.54, 1.807) is 0 Å². The van der Waals surface area contributed by atoms with E-state index in [4.69, 9.17) is 0 Å².